The first-order chi connectivity index (χ1) is 12.7. The van der Waals surface area contributed by atoms with Gasteiger partial charge in [-0.15, -0.1) is 5.10 Å². The lowest BCUT2D eigenvalue weighted by atomic mass is 10.1. The fourth-order valence-corrected chi connectivity index (χ4v) is 2.86. The zero-order valence-electron chi connectivity index (χ0n) is 14.8. The van der Waals surface area contributed by atoms with Gasteiger partial charge in [0.2, 0.25) is 5.88 Å². The molecule has 1 aromatic heterocycles. The minimum absolute atomic E-state index is 0.100. The lowest BCUT2D eigenvalue weighted by molar-refractivity contribution is 0.102. The number of urea groups is 1. The van der Waals surface area contributed by atoms with Crippen molar-refractivity contribution in [2.75, 3.05) is 32.6 Å². The van der Waals surface area contributed by atoms with E-state index < -0.39 is 0 Å². The van der Waals surface area contributed by atoms with Crippen LogP contribution in [0.4, 0.5) is 10.5 Å². The molecule has 0 aliphatic carbocycles. The van der Waals surface area contributed by atoms with E-state index in [0.717, 1.165) is 12.8 Å². The predicted octanol–water partition coefficient (Wildman–Crippen LogP) is 2.57. The molecule has 8 heteroatoms. The quantitative estimate of drug-likeness (QED) is 0.884. The number of hydrogen-bond donors (Lipinski definition) is 1. The van der Waals surface area contributed by atoms with Gasteiger partial charge in [0, 0.05) is 30.6 Å². The van der Waals surface area contributed by atoms with Gasteiger partial charge in [-0.05, 0) is 31.0 Å². The van der Waals surface area contributed by atoms with Crippen LogP contribution in [0.15, 0.2) is 36.5 Å². The van der Waals surface area contributed by atoms with Crippen LogP contribution in [-0.2, 0) is 0 Å². The molecule has 1 saturated heterocycles. The number of rotatable bonds is 5. The highest BCUT2D eigenvalue weighted by atomic mass is 16.5. The summed E-state index contributed by atoms with van der Waals surface area (Å²) in [6.45, 7) is 1.18. The molecule has 0 saturated carbocycles. The molecule has 3 rings (SSSR count). The maximum Gasteiger partial charge on any atom is 0.321 e. The highest BCUT2D eigenvalue weighted by Crippen LogP contribution is 2.30. The molecule has 2 amide bonds. The zero-order chi connectivity index (χ0) is 18.4. The smallest absolute Gasteiger partial charge is 0.321 e. The summed E-state index contributed by atoms with van der Waals surface area (Å²) in [5.74, 6) is 1.65. The molecule has 1 aromatic carbocycles. The van der Waals surface area contributed by atoms with Gasteiger partial charge in [0.1, 0.15) is 6.10 Å². The number of anilines is 1. The number of methoxy groups -OCH3 is 2. The zero-order valence-corrected chi connectivity index (χ0v) is 14.8. The van der Waals surface area contributed by atoms with E-state index in [1.54, 1.807) is 55.6 Å². The van der Waals surface area contributed by atoms with Gasteiger partial charge < -0.3 is 24.4 Å². The molecule has 1 aliphatic rings. The molecule has 8 nitrogen and oxygen atoms in total. The molecule has 1 N–H and O–H groups in total. The number of nitrogens with zero attached hydrogens (tertiary/aromatic N) is 3. The third-order valence-electron chi connectivity index (χ3n) is 4.14. The van der Waals surface area contributed by atoms with Gasteiger partial charge in [-0.25, -0.2) is 4.79 Å². The van der Waals surface area contributed by atoms with Gasteiger partial charge in [0.05, 0.1) is 20.8 Å². The van der Waals surface area contributed by atoms with Gasteiger partial charge in [0.25, 0.3) is 0 Å². The molecule has 1 unspecified atom stereocenters. The third-order valence-corrected chi connectivity index (χ3v) is 4.14. The van der Waals surface area contributed by atoms with E-state index in [0.29, 0.717) is 36.2 Å². The van der Waals surface area contributed by atoms with Crippen molar-refractivity contribution in [3.05, 3.63) is 36.5 Å². The maximum absolute atomic E-state index is 12.6. The second-order valence-corrected chi connectivity index (χ2v) is 5.89. The third kappa shape index (κ3) is 4.33. The first-order valence-electron chi connectivity index (χ1n) is 8.42. The lowest BCUT2D eigenvalue weighted by Gasteiger charge is -2.32. The second kappa shape index (κ2) is 8.37. The molecule has 1 fully saturated rings. The van der Waals surface area contributed by atoms with E-state index in [1.807, 2.05) is 0 Å². The van der Waals surface area contributed by atoms with Crippen LogP contribution in [0.1, 0.15) is 12.8 Å². The summed E-state index contributed by atoms with van der Waals surface area (Å²) in [4.78, 5) is 14.3. The standard InChI is InChI=1S/C18H22N4O4/c1-24-15-8-7-13(11-16(15)25-2)20-18(23)22-10-4-5-14(12-22)26-17-6-3-9-19-21-17/h3,6-9,11,14H,4-5,10,12H2,1-2H3,(H,20,23). The normalized spacial score (nSPS) is 16.7. The minimum atomic E-state index is -0.176. The Morgan fingerprint density at radius 1 is 1.23 bits per heavy atom. The van der Waals surface area contributed by atoms with Gasteiger partial charge >= 0.3 is 6.03 Å². The summed E-state index contributed by atoms with van der Waals surface area (Å²) in [7, 11) is 3.13. The van der Waals surface area contributed by atoms with E-state index >= 15 is 0 Å². The van der Waals surface area contributed by atoms with Crippen LogP contribution in [0, 0.1) is 0 Å². The molecule has 2 heterocycles. The van der Waals surface area contributed by atoms with Crippen LogP contribution in [0.2, 0.25) is 0 Å². The topological polar surface area (TPSA) is 85.8 Å². The Hall–Kier alpha value is -3.03. The number of piperidine rings is 1. The monoisotopic (exact) mass is 358 g/mol. The maximum atomic E-state index is 12.6. The van der Waals surface area contributed by atoms with Gasteiger partial charge in [-0.2, -0.15) is 5.10 Å². The Kier molecular flexibility index (Phi) is 5.73. The fourth-order valence-electron chi connectivity index (χ4n) is 2.86. The average molecular weight is 358 g/mol. The van der Waals surface area contributed by atoms with Crippen LogP contribution in [-0.4, -0.2) is 54.5 Å². The minimum Gasteiger partial charge on any atom is -0.493 e. The van der Waals surface area contributed by atoms with E-state index in [-0.39, 0.29) is 12.1 Å². The van der Waals surface area contributed by atoms with Gasteiger partial charge in [-0.1, -0.05) is 0 Å². The van der Waals surface area contributed by atoms with Crippen LogP contribution >= 0.6 is 0 Å². The number of nitrogens with one attached hydrogen (secondary N) is 1. The Bertz CT molecular complexity index is 741. The SMILES string of the molecule is COc1ccc(NC(=O)N2CCCC(Oc3cccnn3)C2)cc1OC. The predicted molar refractivity (Wildman–Crippen MR) is 95.8 cm³/mol. The summed E-state index contributed by atoms with van der Waals surface area (Å²) in [5.41, 5.74) is 0.643. The number of likely N-dealkylation sites (tertiary alicyclic amines) is 1. The summed E-state index contributed by atoms with van der Waals surface area (Å²) in [5, 5.41) is 10.6. The van der Waals surface area contributed by atoms with Crippen molar-refractivity contribution >= 4 is 11.7 Å². The van der Waals surface area contributed by atoms with E-state index in [2.05, 4.69) is 15.5 Å². The van der Waals surface area contributed by atoms with Crippen LogP contribution in [0.5, 0.6) is 17.4 Å². The Balaban J connectivity index is 1.60. The summed E-state index contributed by atoms with van der Waals surface area (Å²) in [6.07, 6.45) is 3.23. The number of carbonyl (C=O) groups excluding carboxylic acids is 1. The fraction of sp³-hybridized carbons (Fsp3) is 0.389. The molecule has 0 spiro atoms. The number of ether oxygens (including phenoxy) is 3. The van der Waals surface area contributed by atoms with Gasteiger partial charge in [-0.3, -0.25) is 0 Å². The Morgan fingerprint density at radius 2 is 2.08 bits per heavy atom. The molecule has 0 radical (unpaired) electrons. The number of benzene rings is 1. The summed E-state index contributed by atoms with van der Waals surface area (Å²) < 4.78 is 16.3. The number of amides is 2. The van der Waals surface area contributed by atoms with Crippen molar-refractivity contribution in [3.8, 4) is 17.4 Å². The largest absolute Gasteiger partial charge is 0.493 e. The van der Waals surface area contributed by atoms with E-state index in [9.17, 15) is 4.79 Å². The van der Waals surface area contributed by atoms with Crippen LogP contribution in [0.25, 0.3) is 0 Å². The van der Waals surface area contributed by atoms with Crippen molar-refractivity contribution in [3.63, 3.8) is 0 Å². The van der Waals surface area contributed by atoms with Crippen molar-refractivity contribution in [2.24, 2.45) is 0 Å². The Labute approximate surface area is 152 Å². The Morgan fingerprint density at radius 3 is 2.81 bits per heavy atom. The molecule has 2 aromatic rings. The summed E-state index contributed by atoms with van der Waals surface area (Å²) in [6, 6.07) is 8.61. The first-order valence-corrected chi connectivity index (χ1v) is 8.42. The second-order valence-electron chi connectivity index (χ2n) is 5.89. The van der Waals surface area contributed by atoms with Crippen molar-refractivity contribution in [1.29, 1.82) is 0 Å². The highest BCUT2D eigenvalue weighted by Gasteiger charge is 2.25. The van der Waals surface area contributed by atoms with Crippen molar-refractivity contribution < 1.29 is 19.0 Å². The van der Waals surface area contributed by atoms with Crippen molar-refractivity contribution in [2.45, 2.75) is 18.9 Å². The van der Waals surface area contributed by atoms with Gasteiger partial charge in [0.15, 0.2) is 11.5 Å². The number of aromatic nitrogens is 2. The van der Waals surface area contributed by atoms with Crippen LogP contribution < -0.4 is 19.5 Å². The average Bonchev–Trinajstić information content (AvgIpc) is 2.69. The molecule has 0 bridgehead atoms. The number of hydrogen-bond acceptors (Lipinski definition) is 6. The first kappa shape index (κ1) is 17.8. The lowest BCUT2D eigenvalue weighted by Crippen LogP contribution is -2.46. The molecular weight excluding hydrogens is 336 g/mol. The highest BCUT2D eigenvalue weighted by molar-refractivity contribution is 5.89. The molecule has 1 atom stereocenters. The number of carbonyl (C=O) groups is 1. The molecule has 138 valence electrons. The van der Waals surface area contributed by atoms with E-state index in [1.165, 1.54) is 0 Å². The van der Waals surface area contributed by atoms with Crippen molar-refractivity contribution in [1.82, 2.24) is 15.1 Å². The summed E-state index contributed by atoms with van der Waals surface area (Å²) >= 11 is 0. The molecule has 1 aliphatic heterocycles. The molecular formula is C18H22N4O4. The van der Waals surface area contributed by atoms with E-state index in [4.69, 9.17) is 14.2 Å². The molecule has 26 heavy (non-hydrogen) atoms. The van der Waals surface area contributed by atoms with Crippen LogP contribution in [0.3, 0.4) is 0 Å².